The van der Waals surface area contributed by atoms with Gasteiger partial charge in [-0.05, 0) is 31.6 Å². The Morgan fingerprint density at radius 3 is 2.72 bits per heavy atom. The molecule has 0 bridgehead atoms. The van der Waals surface area contributed by atoms with Crippen molar-refractivity contribution < 1.29 is 13.7 Å². The summed E-state index contributed by atoms with van der Waals surface area (Å²) in [7, 11) is 0. The highest BCUT2D eigenvalue weighted by Crippen LogP contribution is 2.20. The summed E-state index contributed by atoms with van der Waals surface area (Å²) < 4.78 is 10.7. The van der Waals surface area contributed by atoms with E-state index < -0.39 is 0 Å². The molecule has 0 fully saturated rings. The first-order chi connectivity index (χ1) is 12.2. The molecule has 2 rings (SSSR count). The highest BCUT2D eigenvalue weighted by Gasteiger charge is 2.21. The van der Waals surface area contributed by atoms with Crippen LogP contribution in [0.5, 0.6) is 0 Å². The molecule has 25 heavy (non-hydrogen) atoms. The third-order valence-electron chi connectivity index (χ3n) is 4.17. The zero-order chi connectivity index (χ0) is 18.1. The monoisotopic (exact) mass is 348 g/mol. The molecule has 0 aliphatic rings. The van der Waals surface area contributed by atoms with Crippen LogP contribution < -0.4 is 5.32 Å². The van der Waals surface area contributed by atoms with Crippen molar-refractivity contribution in [1.29, 1.82) is 0 Å². The van der Waals surface area contributed by atoms with E-state index in [2.05, 4.69) is 41.1 Å². The Hall–Kier alpha value is -2.15. The van der Waals surface area contributed by atoms with Gasteiger partial charge in [-0.15, -0.1) is 0 Å². The number of rotatable bonds is 11. The maximum atomic E-state index is 12.2. The predicted octanol–water partition coefficient (Wildman–Crippen LogP) is 2.75. The lowest BCUT2D eigenvalue weighted by Crippen LogP contribution is -2.38. The molecule has 0 spiro atoms. The van der Waals surface area contributed by atoms with E-state index in [1.807, 2.05) is 12.1 Å². The second kappa shape index (κ2) is 9.98. The first-order valence-corrected chi connectivity index (χ1v) is 9.03. The van der Waals surface area contributed by atoms with Crippen molar-refractivity contribution in [1.82, 2.24) is 20.4 Å². The van der Waals surface area contributed by atoms with Crippen LogP contribution in [0.4, 0.5) is 0 Å². The van der Waals surface area contributed by atoms with Crippen LogP contribution in [0.3, 0.4) is 0 Å². The van der Waals surface area contributed by atoms with Crippen LogP contribution in [-0.2, 0) is 17.6 Å². The number of hydrogen-bond donors (Lipinski definition) is 1. The van der Waals surface area contributed by atoms with E-state index in [4.69, 9.17) is 8.94 Å². The van der Waals surface area contributed by atoms with Gasteiger partial charge in [0.05, 0.1) is 12.3 Å². The zero-order valence-electron chi connectivity index (χ0n) is 15.3. The predicted molar refractivity (Wildman–Crippen MR) is 94.0 cm³/mol. The minimum Gasteiger partial charge on any atom is -0.468 e. The van der Waals surface area contributed by atoms with Crippen LogP contribution in [0.1, 0.15) is 57.1 Å². The van der Waals surface area contributed by atoms with Crippen molar-refractivity contribution in [3.63, 3.8) is 0 Å². The number of furan rings is 1. The van der Waals surface area contributed by atoms with Crippen LogP contribution >= 0.6 is 0 Å². The maximum Gasteiger partial charge on any atom is 0.227 e. The highest BCUT2D eigenvalue weighted by atomic mass is 16.5. The third-order valence-corrected chi connectivity index (χ3v) is 4.17. The number of aromatic nitrogens is 2. The van der Waals surface area contributed by atoms with E-state index in [1.165, 1.54) is 0 Å². The van der Waals surface area contributed by atoms with Gasteiger partial charge in [-0.2, -0.15) is 4.98 Å². The Kier molecular flexibility index (Phi) is 7.66. The fourth-order valence-corrected chi connectivity index (χ4v) is 2.79. The number of amides is 1. The molecule has 1 amide bonds. The molecule has 138 valence electrons. The zero-order valence-corrected chi connectivity index (χ0v) is 15.3. The summed E-state index contributed by atoms with van der Waals surface area (Å²) in [5.41, 5.74) is 0. The Bertz CT molecular complexity index is 620. The molecular weight excluding hydrogens is 320 g/mol. The van der Waals surface area contributed by atoms with E-state index in [1.54, 1.807) is 6.26 Å². The Labute approximate surface area is 148 Å². The van der Waals surface area contributed by atoms with Gasteiger partial charge in [0.25, 0.3) is 0 Å². The Balaban J connectivity index is 1.83. The van der Waals surface area contributed by atoms with Gasteiger partial charge in [-0.1, -0.05) is 25.9 Å². The van der Waals surface area contributed by atoms with Crippen molar-refractivity contribution in [2.45, 2.75) is 52.5 Å². The van der Waals surface area contributed by atoms with Gasteiger partial charge in [0.15, 0.2) is 5.82 Å². The van der Waals surface area contributed by atoms with E-state index in [9.17, 15) is 4.79 Å². The minimum atomic E-state index is -0.0287. The topological polar surface area (TPSA) is 84.4 Å². The van der Waals surface area contributed by atoms with Crippen LogP contribution in [0.2, 0.25) is 0 Å². The Morgan fingerprint density at radius 2 is 2.08 bits per heavy atom. The molecule has 2 aromatic rings. The van der Waals surface area contributed by atoms with Gasteiger partial charge in [0, 0.05) is 25.8 Å². The summed E-state index contributed by atoms with van der Waals surface area (Å²) in [6.07, 6.45) is 4.22. The molecule has 1 unspecified atom stereocenters. The molecule has 1 N–H and O–H groups in total. The SMILES string of the molecule is CCCc1noc(CCC(=O)NCC(c2ccco2)N(CC)CC)n1. The standard InChI is InChI=1S/C18H28N4O3/c1-4-8-16-20-18(25-21-16)11-10-17(23)19-13-14(22(5-2)6-3)15-9-7-12-24-15/h7,9,12,14H,4-6,8,10-11,13H2,1-3H3,(H,19,23). The van der Waals surface area contributed by atoms with E-state index >= 15 is 0 Å². The molecule has 1 atom stereocenters. The highest BCUT2D eigenvalue weighted by molar-refractivity contribution is 5.76. The normalized spacial score (nSPS) is 12.5. The first kappa shape index (κ1) is 19.2. The molecule has 7 nitrogen and oxygen atoms in total. The molecule has 2 aromatic heterocycles. The number of aryl methyl sites for hydroxylation is 2. The molecule has 0 saturated carbocycles. The largest absolute Gasteiger partial charge is 0.468 e. The van der Waals surface area contributed by atoms with Gasteiger partial charge in [-0.3, -0.25) is 9.69 Å². The fraction of sp³-hybridized carbons (Fsp3) is 0.611. The van der Waals surface area contributed by atoms with Crippen molar-refractivity contribution >= 4 is 5.91 Å². The number of hydrogen-bond acceptors (Lipinski definition) is 6. The molecular formula is C18H28N4O3. The fourth-order valence-electron chi connectivity index (χ4n) is 2.79. The molecule has 0 saturated heterocycles. The molecule has 2 heterocycles. The van der Waals surface area contributed by atoms with Crippen LogP contribution in [0, 0.1) is 0 Å². The number of carbonyl (C=O) groups excluding carboxylic acids is 1. The minimum absolute atomic E-state index is 0.0287. The second-order valence-corrected chi connectivity index (χ2v) is 5.91. The summed E-state index contributed by atoms with van der Waals surface area (Å²) in [5, 5.41) is 6.89. The van der Waals surface area contributed by atoms with Gasteiger partial charge in [-0.25, -0.2) is 0 Å². The summed E-state index contributed by atoms with van der Waals surface area (Å²) in [6.45, 7) is 8.56. The molecule has 0 aliphatic heterocycles. The van der Waals surface area contributed by atoms with Gasteiger partial charge < -0.3 is 14.3 Å². The summed E-state index contributed by atoms with van der Waals surface area (Å²) >= 11 is 0. The second-order valence-electron chi connectivity index (χ2n) is 5.91. The average Bonchev–Trinajstić information content (AvgIpc) is 3.29. The van der Waals surface area contributed by atoms with Gasteiger partial charge >= 0.3 is 0 Å². The average molecular weight is 348 g/mol. The summed E-state index contributed by atoms with van der Waals surface area (Å²) in [5.74, 6) is 2.06. The van der Waals surface area contributed by atoms with Crippen molar-refractivity contribution in [3.8, 4) is 0 Å². The summed E-state index contributed by atoms with van der Waals surface area (Å²) in [6, 6.07) is 3.86. The maximum absolute atomic E-state index is 12.2. The lowest BCUT2D eigenvalue weighted by Gasteiger charge is -2.28. The molecule has 7 heteroatoms. The quantitative estimate of drug-likeness (QED) is 0.672. The Morgan fingerprint density at radius 1 is 1.28 bits per heavy atom. The number of nitrogens with one attached hydrogen (secondary N) is 1. The summed E-state index contributed by atoms with van der Waals surface area (Å²) in [4.78, 5) is 18.7. The van der Waals surface area contributed by atoms with Crippen molar-refractivity contribution in [2.75, 3.05) is 19.6 Å². The van der Waals surface area contributed by atoms with Crippen molar-refractivity contribution in [2.24, 2.45) is 0 Å². The number of nitrogens with zero attached hydrogens (tertiary/aromatic N) is 3. The molecule has 0 aromatic carbocycles. The third kappa shape index (κ3) is 5.70. The molecule has 0 aliphatic carbocycles. The van der Waals surface area contributed by atoms with Crippen LogP contribution in [0.15, 0.2) is 27.3 Å². The van der Waals surface area contributed by atoms with Gasteiger partial charge in [0.2, 0.25) is 11.8 Å². The van der Waals surface area contributed by atoms with E-state index in [0.717, 1.165) is 31.7 Å². The van der Waals surface area contributed by atoms with Crippen molar-refractivity contribution in [3.05, 3.63) is 35.9 Å². The first-order valence-electron chi connectivity index (χ1n) is 9.03. The lowest BCUT2D eigenvalue weighted by molar-refractivity contribution is -0.121. The van der Waals surface area contributed by atoms with E-state index in [-0.39, 0.29) is 11.9 Å². The molecule has 0 radical (unpaired) electrons. The van der Waals surface area contributed by atoms with E-state index in [0.29, 0.717) is 31.1 Å². The van der Waals surface area contributed by atoms with Crippen LogP contribution in [-0.4, -0.2) is 40.6 Å². The number of likely N-dealkylation sites (N-methyl/N-ethyl adjacent to an activating group) is 1. The van der Waals surface area contributed by atoms with Crippen LogP contribution in [0.25, 0.3) is 0 Å². The smallest absolute Gasteiger partial charge is 0.227 e. The number of carbonyl (C=O) groups is 1. The lowest BCUT2D eigenvalue weighted by atomic mass is 10.1. The van der Waals surface area contributed by atoms with Gasteiger partial charge in [0.1, 0.15) is 5.76 Å².